The summed E-state index contributed by atoms with van der Waals surface area (Å²) in [6.45, 7) is 5.97. The third-order valence-electron chi connectivity index (χ3n) is 2.79. The van der Waals surface area contributed by atoms with E-state index in [1.54, 1.807) is 0 Å². The first-order valence-corrected chi connectivity index (χ1v) is 6.56. The van der Waals surface area contributed by atoms with Crippen molar-refractivity contribution in [1.29, 1.82) is 0 Å². The van der Waals surface area contributed by atoms with Crippen molar-refractivity contribution in [3.05, 3.63) is 11.3 Å². The summed E-state index contributed by atoms with van der Waals surface area (Å²) in [6, 6.07) is 0. The van der Waals surface area contributed by atoms with Crippen LogP contribution < -0.4 is 0 Å². The van der Waals surface area contributed by atoms with Crippen molar-refractivity contribution in [1.82, 2.24) is 0 Å². The maximum atomic E-state index is 11.4. The Morgan fingerprint density at radius 2 is 2.07 bits per heavy atom. The fourth-order valence-electron chi connectivity index (χ4n) is 1.95. The molecule has 0 bridgehead atoms. The minimum Gasteiger partial charge on any atom is -0.408 e. The molecule has 1 unspecified atom stereocenters. The number of allylic oxidation sites excluding steroid dienone is 2. The SMILES string of the molecule is COP(=O)(O)OC1=C(C)CCCC1(C)C. The van der Waals surface area contributed by atoms with Gasteiger partial charge in [0.05, 0.1) is 0 Å². The highest BCUT2D eigenvalue weighted by Crippen LogP contribution is 2.52. The van der Waals surface area contributed by atoms with Crippen LogP contribution in [0, 0.1) is 5.41 Å². The lowest BCUT2D eigenvalue weighted by Crippen LogP contribution is -2.21. The minimum atomic E-state index is -3.92. The van der Waals surface area contributed by atoms with Crippen LogP contribution in [0.25, 0.3) is 0 Å². The normalized spacial score (nSPS) is 24.9. The molecule has 0 saturated carbocycles. The van der Waals surface area contributed by atoms with E-state index in [4.69, 9.17) is 4.52 Å². The van der Waals surface area contributed by atoms with Crippen molar-refractivity contribution < 1.29 is 18.5 Å². The van der Waals surface area contributed by atoms with Crippen LogP contribution in [0.2, 0.25) is 0 Å². The number of rotatable bonds is 3. The van der Waals surface area contributed by atoms with Crippen LogP contribution in [0.15, 0.2) is 11.3 Å². The van der Waals surface area contributed by atoms with Gasteiger partial charge >= 0.3 is 7.82 Å². The van der Waals surface area contributed by atoms with Crippen LogP contribution in [0.5, 0.6) is 0 Å². The van der Waals surface area contributed by atoms with Crippen LogP contribution in [-0.4, -0.2) is 12.0 Å². The second-order valence-electron chi connectivity index (χ2n) is 4.59. The lowest BCUT2D eigenvalue weighted by molar-refractivity contribution is 0.159. The van der Waals surface area contributed by atoms with Crippen molar-refractivity contribution in [2.45, 2.75) is 40.0 Å². The number of hydrogen-bond acceptors (Lipinski definition) is 3. The third kappa shape index (κ3) is 3.07. The first kappa shape index (κ1) is 12.8. The van der Waals surface area contributed by atoms with Gasteiger partial charge in [0.2, 0.25) is 0 Å². The van der Waals surface area contributed by atoms with Gasteiger partial charge < -0.3 is 4.52 Å². The highest BCUT2D eigenvalue weighted by atomic mass is 31.2. The molecular formula is C10H19O4P. The Balaban J connectivity index is 2.95. The largest absolute Gasteiger partial charge is 0.526 e. The van der Waals surface area contributed by atoms with Gasteiger partial charge in [-0.05, 0) is 31.8 Å². The lowest BCUT2D eigenvalue weighted by Gasteiger charge is -2.33. The van der Waals surface area contributed by atoms with E-state index in [-0.39, 0.29) is 5.41 Å². The fourth-order valence-corrected chi connectivity index (χ4v) is 2.66. The molecule has 0 aromatic heterocycles. The molecule has 1 N–H and O–H groups in total. The van der Waals surface area contributed by atoms with Gasteiger partial charge in [0.1, 0.15) is 5.76 Å². The van der Waals surface area contributed by atoms with Gasteiger partial charge in [-0.1, -0.05) is 13.8 Å². The zero-order valence-electron chi connectivity index (χ0n) is 9.74. The molecule has 0 heterocycles. The molecule has 1 aliphatic carbocycles. The van der Waals surface area contributed by atoms with Gasteiger partial charge in [-0.3, -0.25) is 9.42 Å². The van der Waals surface area contributed by atoms with Crippen molar-refractivity contribution in [2.24, 2.45) is 5.41 Å². The topological polar surface area (TPSA) is 55.8 Å². The van der Waals surface area contributed by atoms with Crippen molar-refractivity contribution in [3.8, 4) is 0 Å². The molecule has 0 aliphatic heterocycles. The predicted octanol–water partition coefficient (Wildman–Crippen LogP) is 3.23. The second kappa shape index (κ2) is 4.28. The number of phosphoric acid groups is 1. The first-order chi connectivity index (χ1) is 6.78. The van der Waals surface area contributed by atoms with Crippen LogP contribution in [0.3, 0.4) is 0 Å². The van der Waals surface area contributed by atoms with Gasteiger partial charge in [0.25, 0.3) is 0 Å². The monoisotopic (exact) mass is 234 g/mol. The Labute approximate surface area is 90.9 Å². The average Bonchev–Trinajstić information content (AvgIpc) is 2.12. The summed E-state index contributed by atoms with van der Waals surface area (Å²) in [4.78, 5) is 9.30. The zero-order chi connectivity index (χ0) is 11.7. The van der Waals surface area contributed by atoms with E-state index in [2.05, 4.69) is 4.52 Å². The Hall–Kier alpha value is -0.310. The van der Waals surface area contributed by atoms with E-state index in [1.807, 2.05) is 20.8 Å². The van der Waals surface area contributed by atoms with Gasteiger partial charge in [-0.25, -0.2) is 4.57 Å². The molecule has 0 radical (unpaired) electrons. The zero-order valence-corrected chi connectivity index (χ0v) is 10.6. The van der Waals surface area contributed by atoms with Crippen LogP contribution >= 0.6 is 7.82 Å². The highest BCUT2D eigenvalue weighted by Gasteiger charge is 2.35. The van der Waals surface area contributed by atoms with Crippen LogP contribution in [-0.2, 0) is 13.6 Å². The summed E-state index contributed by atoms with van der Waals surface area (Å²) in [5, 5.41) is 0. The molecule has 0 aromatic rings. The van der Waals surface area contributed by atoms with Gasteiger partial charge in [0.15, 0.2) is 0 Å². The van der Waals surface area contributed by atoms with Crippen LogP contribution in [0.1, 0.15) is 40.0 Å². The third-order valence-corrected chi connectivity index (χ3v) is 3.67. The van der Waals surface area contributed by atoms with E-state index >= 15 is 0 Å². The standard InChI is InChI=1S/C10H19O4P/c1-8-6-5-7-10(2,3)9(8)14-15(11,12)13-4/h5-7H2,1-4H3,(H,11,12). The van der Waals surface area contributed by atoms with Gasteiger partial charge in [-0.2, -0.15) is 0 Å². The smallest absolute Gasteiger partial charge is 0.408 e. The van der Waals surface area contributed by atoms with E-state index in [9.17, 15) is 9.46 Å². The molecule has 0 saturated heterocycles. The van der Waals surface area contributed by atoms with E-state index in [0.29, 0.717) is 5.76 Å². The predicted molar refractivity (Wildman–Crippen MR) is 58.3 cm³/mol. The van der Waals surface area contributed by atoms with E-state index < -0.39 is 7.82 Å². The molecule has 15 heavy (non-hydrogen) atoms. The van der Waals surface area contributed by atoms with E-state index in [0.717, 1.165) is 24.8 Å². The molecule has 0 fully saturated rings. The van der Waals surface area contributed by atoms with Crippen molar-refractivity contribution in [3.63, 3.8) is 0 Å². The van der Waals surface area contributed by atoms with Crippen LogP contribution in [0.4, 0.5) is 0 Å². The summed E-state index contributed by atoms with van der Waals surface area (Å²) in [5.74, 6) is 0.612. The molecule has 5 heteroatoms. The Morgan fingerprint density at radius 1 is 1.47 bits per heavy atom. The maximum absolute atomic E-state index is 11.4. The van der Waals surface area contributed by atoms with Crippen molar-refractivity contribution in [2.75, 3.05) is 7.11 Å². The Bertz CT molecular complexity index is 319. The van der Waals surface area contributed by atoms with Crippen molar-refractivity contribution >= 4 is 7.82 Å². The molecule has 0 amide bonds. The Morgan fingerprint density at radius 3 is 2.53 bits per heavy atom. The molecule has 4 nitrogen and oxygen atoms in total. The molecule has 1 rings (SSSR count). The summed E-state index contributed by atoms with van der Waals surface area (Å²) < 4.78 is 20.9. The first-order valence-electron chi connectivity index (χ1n) is 5.07. The van der Waals surface area contributed by atoms with E-state index in [1.165, 1.54) is 7.11 Å². The van der Waals surface area contributed by atoms with Gasteiger partial charge in [0, 0.05) is 12.5 Å². The quantitative estimate of drug-likeness (QED) is 0.761. The molecule has 0 spiro atoms. The lowest BCUT2D eigenvalue weighted by atomic mass is 9.78. The second-order valence-corrected chi connectivity index (χ2v) is 6.07. The Kier molecular flexibility index (Phi) is 3.64. The summed E-state index contributed by atoms with van der Waals surface area (Å²) in [7, 11) is -2.74. The average molecular weight is 234 g/mol. The molecule has 88 valence electrons. The summed E-state index contributed by atoms with van der Waals surface area (Å²) in [6.07, 6.45) is 2.97. The number of hydrogen-bond donors (Lipinski definition) is 1. The number of phosphoric ester groups is 1. The summed E-state index contributed by atoms with van der Waals surface area (Å²) >= 11 is 0. The summed E-state index contributed by atoms with van der Waals surface area (Å²) in [5.41, 5.74) is 0.858. The fraction of sp³-hybridized carbons (Fsp3) is 0.800. The molecule has 1 aliphatic rings. The highest BCUT2D eigenvalue weighted by molar-refractivity contribution is 7.47. The minimum absolute atomic E-state index is 0.181. The maximum Gasteiger partial charge on any atom is 0.526 e. The molecular weight excluding hydrogens is 215 g/mol. The molecule has 1 atom stereocenters. The molecule has 0 aromatic carbocycles. The van der Waals surface area contributed by atoms with Gasteiger partial charge in [-0.15, -0.1) is 0 Å².